The van der Waals surface area contributed by atoms with Crippen LogP contribution in [0.2, 0.25) is 0 Å². The highest BCUT2D eigenvalue weighted by Crippen LogP contribution is 2.35. The van der Waals surface area contributed by atoms with Crippen LogP contribution in [0.5, 0.6) is 5.75 Å². The lowest BCUT2D eigenvalue weighted by Crippen LogP contribution is -2.41. The van der Waals surface area contributed by atoms with Crippen LogP contribution in [0.4, 0.5) is 8.78 Å². The third-order valence-corrected chi connectivity index (χ3v) is 7.75. The van der Waals surface area contributed by atoms with E-state index in [1.54, 1.807) is 24.3 Å². The number of carbonyl (C=O) groups excluding carboxylic acids is 2. The van der Waals surface area contributed by atoms with Crippen LogP contribution in [0.3, 0.4) is 0 Å². The van der Waals surface area contributed by atoms with Gasteiger partial charge in [-0.3, -0.25) is 14.5 Å². The maximum absolute atomic E-state index is 13.9. The molecule has 2 aromatic rings. The number of carbonyl (C=O) groups is 3. The normalized spacial score (nSPS) is 16.9. The van der Waals surface area contributed by atoms with Crippen LogP contribution in [0.1, 0.15) is 24.8 Å². The smallest absolute Gasteiger partial charge is 0.372 e. The number of nitrogens with zero attached hydrogens (tertiary/aromatic N) is 2. The quantitative estimate of drug-likeness (QED) is 0.151. The van der Waals surface area contributed by atoms with E-state index in [0.717, 1.165) is 37.0 Å². The molecule has 0 saturated carbocycles. The SMILES string of the molecule is O=C(O)C(=O)CCCCNN1C(=O)C(=Cc2cc(-c3ccc(F)c(F)c3)ccc2OCCN2CCOCC2)SC1=S. The van der Waals surface area contributed by atoms with Crippen LogP contribution < -0.4 is 10.2 Å². The Morgan fingerprint density at radius 3 is 2.56 bits per heavy atom. The second-order valence-electron chi connectivity index (χ2n) is 9.29. The average molecular weight is 606 g/mol. The summed E-state index contributed by atoms with van der Waals surface area (Å²) in [5.41, 5.74) is 4.58. The number of ketones is 1. The summed E-state index contributed by atoms with van der Waals surface area (Å²) in [4.78, 5) is 37.6. The van der Waals surface area contributed by atoms with Crippen molar-refractivity contribution < 1.29 is 37.7 Å². The molecule has 2 aromatic carbocycles. The van der Waals surface area contributed by atoms with Gasteiger partial charge in [-0.2, -0.15) is 0 Å². The summed E-state index contributed by atoms with van der Waals surface area (Å²) in [6.07, 6.45) is 2.38. The molecule has 9 nitrogen and oxygen atoms in total. The monoisotopic (exact) mass is 605 g/mol. The molecule has 2 aliphatic heterocycles. The van der Waals surface area contributed by atoms with Crippen LogP contribution in [0.25, 0.3) is 17.2 Å². The number of hydrogen-bond acceptors (Lipinski definition) is 9. The molecule has 0 aliphatic carbocycles. The second kappa shape index (κ2) is 14.6. The standard InChI is InChI=1S/C28H29F2N3O6S2/c29-21-6-4-19(16-22(21)30)18-5-7-24(39-14-11-32-9-12-38-13-10-32)20(15-18)17-25-26(35)33(28(40)41-25)31-8-2-1-3-23(34)27(36)37/h4-7,15-17,31H,1-3,8-14H2,(H,36,37). The molecule has 218 valence electrons. The summed E-state index contributed by atoms with van der Waals surface area (Å²) >= 11 is 6.48. The molecule has 4 rings (SSSR count). The number of morpholine rings is 1. The fourth-order valence-corrected chi connectivity index (χ4v) is 5.42. The van der Waals surface area contributed by atoms with Gasteiger partial charge >= 0.3 is 5.97 Å². The molecule has 0 unspecified atom stereocenters. The molecule has 2 N–H and O–H groups in total. The Bertz CT molecular complexity index is 1350. The zero-order chi connectivity index (χ0) is 29.4. The summed E-state index contributed by atoms with van der Waals surface area (Å²) in [5.74, 6) is -4.08. The average Bonchev–Trinajstić information content (AvgIpc) is 3.22. The van der Waals surface area contributed by atoms with Crippen LogP contribution in [-0.2, 0) is 19.1 Å². The van der Waals surface area contributed by atoms with Crippen molar-refractivity contribution in [3.63, 3.8) is 0 Å². The number of nitrogens with one attached hydrogen (secondary N) is 1. The van der Waals surface area contributed by atoms with E-state index in [2.05, 4.69) is 10.3 Å². The first-order chi connectivity index (χ1) is 19.7. The molecule has 2 heterocycles. The summed E-state index contributed by atoms with van der Waals surface area (Å²) in [6.45, 7) is 4.38. The molecule has 0 radical (unpaired) electrons. The van der Waals surface area contributed by atoms with E-state index >= 15 is 0 Å². The number of aliphatic carboxylic acids is 1. The van der Waals surface area contributed by atoms with Gasteiger partial charge in [-0.05, 0) is 54.3 Å². The fraction of sp³-hybridized carbons (Fsp3) is 0.357. The number of Topliss-reactive ketones (excluding diaryl/α,β-unsaturated/α-hetero) is 1. The number of carboxylic acids is 1. The Balaban J connectivity index is 1.49. The van der Waals surface area contributed by atoms with E-state index in [1.165, 1.54) is 11.1 Å². The Hall–Kier alpha value is -3.23. The van der Waals surface area contributed by atoms with E-state index < -0.39 is 23.4 Å². The number of rotatable bonds is 13. The number of ether oxygens (including phenoxy) is 2. The van der Waals surface area contributed by atoms with Gasteiger partial charge in [-0.25, -0.2) is 24.0 Å². The predicted octanol–water partition coefficient (Wildman–Crippen LogP) is 3.87. The van der Waals surface area contributed by atoms with Crippen molar-refractivity contribution in [3.05, 3.63) is 58.5 Å². The molecule has 13 heteroatoms. The van der Waals surface area contributed by atoms with Gasteiger partial charge in [0.05, 0.1) is 18.1 Å². The van der Waals surface area contributed by atoms with Gasteiger partial charge in [0.1, 0.15) is 12.4 Å². The lowest BCUT2D eigenvalue weighted by molar-refractivity contribution is -0.149. The van der Waals surface area contributed by atoms with Gasteiger partial charge in [-0.15, -0.1) is 0 Å². The molecular weight excluding hydrogens is 576 g/mol. The van der Waals surface area contributed by atoms with E-state index in [1.807, 2.05) is 0 Å². The van der Waals surface area contributed by atoms with E-state index in [0.29, 0.717) is 73.1 Å². The Morgan fingerprint density at radius 2 is 1.83 bits per heavy atom. The number of hydrazine groups is 1. The number of hydrogen-bond donors (Lipinski definition) is 2. The van der Waals surface area contributed by atoms with E-state index in [9.17, 15) is 23.2 Å². The number of unbranched alkanes of at least 4 members (excludes halogenated alkanes) is 1. The van der Waals surface area contributed by atoms with Crippen LogP contribution in [0, 0.1) is 11.6 Å². The van der Waals surface area contributed by atoms with Crippen molar-refractivity contribution in [2.75, 3.05) is 46.0 Å². The molecule has 0 bridgehead atoms. The van der Waals surface area contributed by atoms with Gasteiger partial charge in [-0.1, -0.05) is 36.1 Å². The first-order valence-electron chi connectivity index (χ1n) is 13.0. The highest BCUT2D eigenvalue weighted by molar-refractivity contribution is 8.26. The molecule has 0 aromatic heterocycles. The maximum atomic E-state index is 13.9. The fourth-order valence-electron chi connectivity index (χ4n) is 4.21. The highest BCUT2D eigenvalue weighted by atomic mass is 32.2. The van der Waals surface area contributed by atoms with Crippen molar-refractivity contribution in [2.24, 2.45) is 0 Å². The van der Waals surface area contributed by atoms with Gasteiger partial charge in [0.25, 0.3) is 5.91 Å². The Kier molecular flexibility index (Phi) is 10.9. The number of amides is 1. The maximum Gasteiger partial charge on any atom is 0.372 e. The van der Waals surface area contributed by atoms with Crippen molar-refractivity contribution in [1.29, 1.82) is 0 Å². The zero-order valence-electron chi connectivity index (χ0n) is 22.1. The number of thiocarbonyl (C=S) groups is 1. The van der Waals surface area contributed by atoms with Gasteiger partial charge < -0.3 is 14.6 Å². The molecule has 2 aliphatic rings. The third kappa shape index (κ3) is 8.39. The molecule has 0 atom stereocenters. The van der Waals surface area contributed by atoms with Crippen LogP contribution in [-0.4, -0.2) is 83.0 Å². The van der Waals surface area contributed by atoms with Gasteiger partial charge in [0, 0.05) is 38.2 Å². The van der Waals surface area contributed by atoms with Crippen molar-refractivity contribution >= 4 is 52.0 Å². The second-order valence-corrected chi connectivity index (χ2v) is 11.0. The summed E-state index contributed by atoms with van der Waals surface area (Å²) < 4.78 is 39.2. The number of halogens is 2. The van der Waals surface area contributed by atoms with E-state index in [4.69, 9.17) is 26.8 Å². The topological polar surface area (TPSA) is 108 Å². The van der Waals surface area contributed by atoms with Gasteiger partial charge in [0.15, 0.2) is 16.0 Å². The first kappa shape index (κ1) is 30.7. The summed E-state index contributed by atoms with van der Waals surface area (Å²) in [7, 11) is 0. The van der Waals surface area contributed by atoms with E-state index in [-0.39, 0.29) is 16.6 Å². The third-order valence-electron chi connectivity index (χ3n) is 6.45. The van der Waals surface area contributed by atoms with Crippen LogP contribution >= 0.6 is 24.0 Å². The Labute approximate surface area is 245 Å². The highest BCUT2D eigenvalue weighted by Gasteiger charge is 2.32. The molecule has 2 saturated heterocycles. The number of thioether (sulfide) groups is 1. The minimum absolute atomic E-state index is 0.0854. The summed E-state index contributed by atoms with van der Waals surface area (Å²) in [6, 6.07) is 8.88. The van der Waals surface area contributed by atoms with Crippen molar-refractivity contribution in [1.82, 2.24) is 15.3 Å². The lowest BCUT2D eigenvalue weighted by atomic mass is 10.0. The zero-order valence-corrected chi connectivity index (χ0v) is 23.7. The largest absolute Gasteiger partial charge is 0.492 e. The lowest BCUT2D eigenvalue weighted by Gasteiger charge is -2.26. The molecule has 41 heavy (non-hydrogen) atoms. The molecule has 2 fully saturated rings. The number of benzene rings is 2. The van der Waals surface area contributed by atoms with Crippen LogP contribution in [0.15, 0.2) is 41.3 Å². The van der Waals surface area contributed by atoms with Gasteiger partial charge in [0.2, 0.25) is 5.78 Å². The van der Waals surface area contributed by atoms with Crippen molar-refractivity contribution in [3.8, 4) is 16.9 Å². The first-order valence-corrected chi connectivity index (χ1v) is 14.3. The molecule has 0 spiro atoms. The predicted molar refractivity (Wildman–Crippen MR) is 154 cm³/mol. The minimum Gasteiger partial charge on any atom is -0.492 e. The molecule has 1 amide bonds. The Morgan fingerprint density at radius 1 is 1.10 bits per heavy atom. The molecular formula is C28H29F2N3O6S2. The number of carboxylic acid groups (broad SMARTS) is 1. The summed E-state index contributed by atoms with van der Waals surface area (Å²) in [5, 5.41) is 9.91. The van der Waals surface area contributed by atoms with Crippen molar-refractivity contribution in [2.45, 2.75) is 19.3 Å². The minimum atomic E-state index is -1.46.